The zero-order chi connectivity index (χ0) is 10.0. The van der Waals surface area contributed by atoms with E-state index in [2.05, 4.69) is 11.6 Å². The molecule has 0 saturated heterocycles. The molecule has 0 aliphatic heterocycles. The van der Waals surface area contributed by atoms with Crippen molar-refractivity contribution in [2.75, 3.05) is 17.7 Å². The second-order valence-corrected chi connectivity index (χ2v) is 2.39. The molecule has 1 heterocycles. The van der Waals surface area contributed by atoms with Crippen molar-refractivity contribution in [3.63, 3.8) is 0 Å². The Balaban J connectivity index is 3.36. The number of H-pyrrole nitrogens is 1. The Bertz CT molecular complexity index is 387. The van der Waals surface area contributed by atoms with E-state index in [9.17, 15) is 9.18 Å². The van der Waals surface area contributed by atoms with Gasteiger partial charge in [0.2, 0.25) is 0 Å². The van der Waals surface area contributed by atoms with Gasteiger partial charge in [-0.2, -0.15) is 9.37 Å². The minimum absolute atomic E-state index is 0.0521. The Morgan fingerprint density at radius 1 is 1.77 bits per heavy atom. The molecule has 5 nitrogen and oxygen atoms in total. The fraction of sp³-hybridized carbons (Fsp3) is 0.143. The van der Waals surface area contributed by atoms with E-state index in [4.69, 9.17) is 5.73 Å². The number of aromatic amines is 1. The van der Waals surface area contributed by atoms with E-state index in [-0.39, 0.29) is 11.5 Å². The van der Waals surface area contributed by atoms with Crippen LogP contribution in [-0.4, -0.2) is 17.0 Å². The quantitative estimate of drug-likeness (QED) is 0.638. The monoisotopic (exact) mass is 184 g/mol. The molecule has 0 aliphatic carbocycles. The van der Waals surface area contributed by atoms with Gasteiger partial charge in [-0.1, -0.05) is 6.58 Å². The first-order valence-electron chi connectivity index (χ1n) is 3.47. The minimum Gasteiger partial charge on any atom is -0.391 e. The molecule has 0 radical (unpaired) electrons. The van der Waals surface area contributed by atoms with Gasteiger partial charge in [-0.05, 0) is 6.20 Å². The average Bonchev–Trinajstić information content (AvgIpc) is 2.10. The Morgan fingerprint density at radius 3 is 2.92 bits per heavy atom. The highest BCUT2D eigenvalue weighted by molar-refractivity contribution is 5.61. The molecule has 70 valence electrons. The smallest absolute Gasteiger partial charge is 0.291 e. The van der Waals surface area contributed by atoms with Crippen LogP contribution in [0.1, 0.15) is 0 Å². The maximum atomic E-state index is 12.6. The standard InChI is InChI=1S/C7H9FN4O/c1-3-12(2)5-4(9)6(13)11-7(8)10-5/h3H,1,9H2,2H3,(H,10,11,13). The van der Waals surface area contributed by atoms with Gasteiger partial charge in [-0.15, -0.1) is 0 Å². The molecule has 1 aromatic heterocycles. The summed E-state index contributed by atoms with van der Waals surface area (Å²) >= 11 is 0. The van der Waals surface area contributed by atoms with Crippen LogP contribution in [0.3, 0.4) is 0 Å². The van der Waals surface area contributed by atoms with E-state index in [1.165, 1.54) is 11.1 Å². The van der Waals surface area contributed by atoms with Gasteiger partial charge in [0.05, 0.1) is 0 Å². The van der Waals surface area contributed by atoms with Gasteiger partial charge in [0.25, 0.3) is 11.6 Å². The summed E-state index contributed by atoms with van der Waals surface area (Å²) in [5.41, 5.74) is 4.53. The summed E-state index contributed by atoms with van der Waals surface area (Å²) in [4.78, 5) is 17.6. The van der Waals surface area contributed by atoms with Crippen molar-refractivity contribution in [2.24, 2.45) is 0 Å². The molecule has 3 N–H and O–H groups in total. The van der Waals surface area contributed by atoms with Crippen LogP contribution in [0.4, 0.5) is 15.9 Å². The number of hydrogen-bond acceptors (Lipinski definition) is 4. The third kappa shape index (κ3) is 1.66. The van der Waals surface area contributed by atoms with Crippen molar-refractivity contribution >= 4 is 11.5 Å². The van der Waals surface area contributed by atoms with Crippen LogP contribution in [0.25, 0.3) is 0 Å². The first-order chi connectivity index (χ1) is 6.06. The van der Waals surface area contributed by atoms with Gasteiger partial charge in [0.15, 0.2) is 5.82 Å². The summed E-state index contributed by atoms with van der Waals surface area (Å²) in [5, 5.41) is 0. The number of nitrogen functional groups attached to an aromatic ring is 1. The number of halogens is 1. The molecule has 0 amide bonds. The second-order valence-electron chi connectivity index (χ2n) is 2.39. The normalized spacial score (nSPS) is 9.69. The Hall–Kier alpha value is -1.85. The molecule has 0 saturated carbocycles. The van der Waals surface area contributed by atoms with Gasteiger partial charge in [0.1, 0.15) is 5.69 Å². The van der Waals surface area contributed by atoms with Crippen molar-refractivity contribution in [2.45, 2.75) is 0 Å². The summed E-state index contributed by atoms with van der Waals surface area (Å²) in [5.74, 6) is 0.0521. The van der Waals surface area contributed by atoms with Gasteiger partial charge in [-0.25, -0.2) is 0 Å². The molecule has 1 rings (SSSR count). The lowest BCUT2D eigenvalue weighted by molar-refractivity contribution is 0.535. The van der Waals surface area contributed by atoms with Gasteiger partial charge >= 0.3 is 0 Å². The van der Waals surface area contributed by atoms with Crippen molar-refractivity contribution < 1.29 is 4.39 Å². The first kappa shape index (κ1) is 9.24. The zero-order valence-corrected chi connectivity index (χ0v) is 7.04. The van der Waals surface area contributed by atoms with Crippen LogP contribution in [0.5, 0.6) is 0 Å². The molecular weight excluding hydrogens is 175 g/mol. The fourth-order valence-corrected chi connectivity index (χ4v) is 0.799. The second kappa shape index (κ2) is 3.26. The predicted molar refractivity (Wildman–Crippen MR) is 47.8 cm³/mol. The Morgan fingerprint density at radius 2 is 2.38 bits per heavy atom. The summed E-state index contributed by atoms with van der Waals surface area (Å²) in [7, 11) is 1.56. The molecule has 1 aromatic rings. The number of aromatic nitrogens is 2. The highest BCUT2D eigenvalue weighted by Crippen LogP contribution is 2.13. The van der Waals surface area contributed by atoms with Crippen molar-refractivity contribution in [1.82, 2.24) is 9.97 Å². The molecule has 0 spiro atoms. The summed E-state index contributed by atoms with van der Waals surface area (Å²) in [6.07, 6.45) is 0.403. The van der Waals surface area contributed by atoms with Crippen LogP contribution in [0, 0.1) is 6.08 Å². The molecule has 0 aromatic carbocycles. The predicted octanol–water partition coefficient (Wildman–Crippen LogP) is 0.0709. The molecule has 13 heavy (non-hydrogen) atoms. The number of nitrogens with zero attached hydrogens (tertiary/aromatic N) is 2. The van der Waals surface area contributed by atoms with E-state index < -0.39 is 11.6 Å². The van der Waals surface area contributed by atoms with Gasteiger partial charge < -0.3 is 10.6 Å². The number of rotatable bonds is 2. The van der Waals surface area contributed by atoms with Crippen LogP contribution in [0.15, 0.2) is 17.6 Å². The number of nitrogens with two attached hydrogens (primary N) is 1. The van der Waals surface area contributed by atoms with Crippen LogP contribution >= 0.6 is 0 Å². The summed E-state index contributed by atoms with van der Waals surface area (Å²) in [6.45, 7) is 3.43. The van der Waals surface area contributed by atoms with E-state index >= 15 is 0 Å². The molecule has 0 aliphatic rings. The van der Waals surface area contributed by atoms with E-state index in [1.54, 1.807) is 7.05 Å². The largest absolute Gasteiger partial charge is 0.391 e. The molecule has 0 bridgehead atoms. The summed E-state index contributed by atoms with van der Waals surface area (Å²) < 4.78 is 12.6. The zero-order valence-electron chi connectivity index (χ0n) is 7.04. The molecule has 0 atom stereocenters. The van der Waals surface area contributed by atoms with Crippen LogP contribution in [0.2, 0.25) is 0 Å². The van der Waals surface area contributed by atoms with Crippen molar-refractivity contribution in [1.29, 1.82) is 0 Å². The topological polar surface area (TPSA) is 75.0 Å². The Kier molecular flexibility index (Phi) is 2.32. The maximum Gasteiger partial charge on any atom is 0.291 e. The summed E-state index contributed by atoms with van der Waals surface area (Å²) in [6, 6.07) is 0. The van der Waals surface area contributed by atoms with Gasteiger partial charge in [-0.3, -0.25) is 9.78 Å². The third-order valence-electron chi connectivity index (χ3n) is 1.51. The van der Waals surface area contributed by atoms with Crippen LogP contribution < -0.4 is 16.2 Å². The highest BCUT2D eigenvalue weighted by atomic mass is 19.1. The van der Waals surface area contributed by atoms with Crippen molar-refractivity contribution in [3.05, 3.63) is 29.2 Å². The Labute approximate surface area is 73.7 Å². The number of anilines is 2. The molecule has 6 heteroatoms. The first-order valence-corrected chi connectivity index (χ1v) is 3.47. The maximum absolute atomic E-state index is 12.6. The lowest BCUT2D eigenvalue weighted by atomic mass is 10.4. The molecular formula is C7H9FN4O. The van der Waals surface area contributed by atoms with E-state index in [0.29, 0.717) is 0 Å². The minimum atomic E-state index is -0.970. The number of nitrogens with one attached hydrogen (secondary N) is 1. The lowest BCUT2D eigenvalue weighted by Gasteiger charge is -2.13. The number of hydrogen-bond donors (Lipinski definition) is 2. The third-order valence-corrected chi connectivity index (χ3v) is 1.51. The van der Waals surface area contributed by atoms with Crippen molar-refractivity contribution in [3.8, 4) is 0 Å². The molecule has 0 unspecified atom stereocenters. The van der Waals surface area contributed by atoms with Gasteiger partial charge in [0, 0.05) is 7.05 Å². The average molecular weight is 184 g/mol. The van der Waals surface area contributed by atoms with E-state index in [1.807, 2.05) is 4.98 Å². The van der Waals surface area contributed by atoms with E-state index in [0.717, 1.165) is 0 Å². The SMILES string of the molecule is C=CN(C)c1nc(F)[nH]c(=O)c1N. The highest BCUT2D eigenvalue weighted by Gasteiger charge is 2.09. The van der Waals surface area contributed by atoms with Crippen LogP contribution in [-0.2, 0) is 0 Å². The lowest BCUT2D eigenvalue weighted by Crippen LogP contribution is -2.21. The molecule has 0 fully saturated rings. The fourth-order valence-electron chi connectivity index (χ4n) is 0.799.